The predicted molar refractivity (Wildman–Crippen MR) is 82.0 cm³/mol. The molecule has 7 heteroatoms. The van der Waals surface area contributed by atoms with E-state index in [0.29, 0.717) is 16.1 Å². The molecule has 0 aliphatic carbocycles. The first-order chi connectivity index (χ1) is 10.2. The molecule has 0 bridgehead atoms. The highest BCUT2D eigenvalue weighted by Gasteiger charge is 2.23. The molecule has 22 heavy (non-hydrogen) atoms. The number of sulfone groups is 1. The van der Waals surface area contributed by atoms with Gasteiger partial charge in [-0.2, -0.15) is 0 Å². The molecule has 0 saturated carbocycles. The highest BCUT2D eigenvalue weighted by molar-refractivity contribution is 7.90. The molecule has 2 N–H and O–H groups in total. The summed E-state index contributed by atoms with van der Waals surface area (Å²) in [5.41, 5.74) is 6.14. The van der Waals surface area contributed by atoms with E-state index in [1.807, 2.05) is 0 Å². The number of rotatable bonds is 4. The summed E-state index contributed by atoms with van der Waals surface area (Å²) in [5.74, 6) is -2.05. The number of halogens is 2. The van der Waals surface area contributed by atoms with Gasteiger partial charge in [-0.3, -0.25) is 4.79 Å². The van der Waals surface area contributed by atoms with Crippen molar-refractivity contribution in [2.45, 2.75) is 17.6 Å². The third-order valence-electron chi connectivity index (χ3n) is 3.19. The van der Waals surface area contributed by atoms with Gasteiger partial charge in [0.1, 0.15) is 5.82 Å². The molecule has 0 atom stereocenters. The zero-order chi connectivity index (χ0) is 16.5. The predicted octanol–water partition coefficient (Wildman–Crippen LogP) is 2.86. The van der Waals surface area contributed by atoms with Crippen LogP contribution in [0.1, 0.15) is 21.5 Å². The summed E-state index contributed by atoms with van der Waals surface area (Å²) in [6.07, 6.45) is 0. The first-order valence-electron chi connectivity index (χ1n) is 6.28. The highest BCUT2D eigenvalue weighted by atomic mass is 35.5. The molecule has 2 aromatic carbocycles. The zero-order valence-electron chi connectivity index (χ0n) is 11.6. The van der Waals surface area contributed by atoms with E-state index < -0.39 is 26.5 Å². The zero-order valence-corrected chi connectivity index (χ0v) is 13.2. The Bertz CT molecular complexity index is 850. The van der Waals surface area contributed by atoms with Crippen molar-refractivity contribution >= 4 is 27.3 Å². The number of carbonyl (C=O) groups excluding carboxylic acids is 1. The van der Waals surface area contributed by atoms with Crippen LogP contribution in [0.15, 0.2) is 41.3 Å². The Morgan fingerprint density at radius 1 is 1.23 bits per heavy atom. The number of primary amides is 1. The Labute approximate surface area is 132 Å². The van der Waals surface area contributed by atoms with Crippen molar-refractivity contribution in [3.63, 3.8) is 0 Å². The summed E-state index contributed by atoms with van der Waals surface area (Å²) in [4.78, 5) is 11.0. The average molecular weight is 342 g/mol. The minimum absolute atomic E-state index is 0.229. The van der Waals surface area contributed by atoms with E-state index in [9.17, 15) is 17.6 Å². The quantitative estimate of drug-likeness (QED) is 0.928. The minimum Gasteiger partial charge on any atom is -0.366 e. The average Bonchev–Trinajstić information content (AvgIpc) is 2.41. The smallest absolute Gasteiger partial charge is 0.250 e. The number of benzene rings is 2. The van der Waals surface area contributed by atoms with Gasteiger partial charge in [0.25, 0.3) is 0 Å². The maximum Gasteiger partial charge on any atom is 0.250 e. The van der Waals surface area contributed by atoms with Crippen LogP contribution in [-0.2, 0) is 15.6 Å². The second kappa shape index (κ2) is 6.06. The summed E-state index contributed by atoms with van der Waals surface area (Å²) >= 11 is 5.83. The van der Waals surface area contributed by atoms with Gasteiger partial charge in [0, 0.05) is 5.02 Å². The number of hydrogen-bond donors (Lipinski definition) is 1. The van der Waals surface area contributed by atoms with Crippen LogP contribution in [0.25, 0.3) is 0 Å². The van der Waals surface area contributed by atoms with Gasteiger partial charge in [0.15, 0.2) is 9.84 Å². The van der Waals surface area contributed by atoms with Crippen molar-refractivity contribution in [2.75, 3.05) is 0 Å². The molecule has 4 nitrogen and oxygen atoms in total. The van der Waals surface area contributed by atoms with E-state index in [0.717, 1.165) is 18.2 Å². The molecule has 0 saturated heterocycles. The van der Waals surface area contributed by atoms with Gasteiger partial charge in [0.2, 0.25) is 5.91 Å². The van der Waals surface area contributed by atoms with Crippen LogP contribution in [-0.4, -0.2) is 14.3 Å². The summed E-state index contributed by atoms with van der Waals surface area (Å²) < 4.78 is 38.4. The van der Waals surface area contributed by atoms with Crippen LogP contribution >= 0.6 is 11.6 Å². The van der Waals surface area contributed by atoms with Crippen LogP contribution in [0.3, 0.4) is 0 Å². The number of aryl methyl sites for hydroxylation is 1. The molecular formula is C15H13ClFNO3S. The van der Waals surface area contributed by atoms with Crippen LogP contribution in [0.5, 0.6) is 0 Å². The third-order valence-corrected chi connectivity index (χ3v) is 5.13. The Kier molecular flexibility index (Phi) is 4.53. The SMILES string of the molecule is Cc1cc(Cl)ccc1CS(=O)(=O)c1cc(F)ccc1C(N)=O. The summed E-state index contributed by atoms with van der Waals surface area (Å²) in [6, 6.07) is 7.65. The Morgan fingerprint density at radius 2 is 1.91 bits per heavy atom. The lowest BCUT2D eigenvalue weighted by molar-refractivity contribution is 0.0997. The monoisotopic (exact) mass is 341 g/mol. The van der Waals surface area contributed by atoms with Crippen molar-refractivity contribution in [1.82, 2.24) is 0 Å². The Balaban J connectivity index is 2.51. The molecular weight excluding hydrogens is 329 g/mol. The van der Waals surface area contributed by atoms with Gasteiger partial charge in [-0.25, -0.2) is 12.8 Å². The van der Waals surface area contributed by atoms with Crippen molar-refractivity contribution in [1.29, 1.82) is 0 Å². The van der Waals surface area contributed by atoms with Crippen LogP contribution in [0.4, 0.5) is 4.39 Å². The van der Waals surface area contributed by atoms with Gasteiger partial charge < -0.3 is 5.73 Å². The molecule has 0 unspecified atom stereocenters. The van der Waals surface area contributed by atoms with Gasteiger partial charge in [-0.1, -0.05) is 17.7 Å². The van der Waals surface area contributed by atoms with E-state index in [1.165, 1.54) is 0 Å². The molecule has 0 aliphatic rings. The first kappa shape index (κ1) is 16.5. The third kappa shape index (κ3) is 3.45. The molecule has 0 radical (unpaired) electrons. The van der Waals surface area contributed by atoms with Gasteiger partial charge in [-0.15, -0.1) is 0 Å². The molecule has 2 rings (SSSR count). The molecule has 0 heterocycles. The van der Waals surface area contributed by atoms with Gasteiger partial charge >= 0.3 is 0 Å². The fourth-order valence-electron chi connectivity index (χ4n) is 2.06. The van der Waals surface area contributed by atoms with Gasteiger partial charge in [-0.05, 0) is 48.4 Å². The lowest BCUT2D eigenvalue weighted by atomic mass is 10.1. The number of amides is 1. The van der Waals surface area contributed by atoms with Crippen LogP contribution in [0, 0.1) is 12.7 Å². The largest absolute Gasteiger partial charge is 0.366 e. The van der Waals surface area contributed by atoms with Crippen molar-refractivity contribution in [3.05, 3.63) is 63.9 Å². The standard InChI is InChI=1S/C15H13ClFNO3S/c1-9-6-11(16)3-2-10(9)8-22(20,21)14-7-12(17)4-5-13(14)15(18)19/h2-7H,8H2,1H3,(H2,18,19). The summed E-state index contributed by atoms with van der Waals surface area (Å²) in [6.45, 7) is 1.72. The Hall–Kier alpha value is -1.92. The lowest BCUT2D eigenvalue weighted by Crippen LogP contribution is -2.17. The van der Waals surface area contributed by atoms with Crippen LogP contribution < -0.4 is 5.73 Å². The molecule has 0 aliphatic heterocycles. The molecule has 116 valence electrons. The first-order valence-corrected chi connectivity index (χ1v) is 8.31. The van der Waals surface area contributed by atoms with Crippen molar-refractivity contribution < 1.29 is 17.6 Å². The fraction of sp³-hybridized carbons (Fsp3) is 0.133. The second-order valence-corrected chi connectivity index (χ2v) is 7.23. The maximum atomic E-state index is 13.4. The highest BCUT2D eigenvalue weighted by Crippen LogP contribution is 2.24. The van der Waals surface area contributed by atoms with E-state index in [4.69, 9.17) is 17.3 Å². The molecule has 0 aromatic heterocycles. The van der Waals surface area contributed by atoms with E-state index in [2.05, 4.69) is 0 Å². The number of nitrogens with two attached hydrogens (primary N) is 1. The van der Waals surface area contributed by atoms with Crippen molar-refractivity contribution in [2.24, 2.45) is 5.73 Å². The van der Waals surface area contributed by atoms with Gasteiger partial charge in [0.05, 0.1) is 16.2 Å². The number of hydrogen-bond acceptors (Lipinski definition) is 3. The van der Waals surface area contributed by atoms with E-state index in [-0.39, 0.29) is 11.3 Å². The number of carbonyl (C=O) groups is 1. The van der Waals surface area contributed by atoms with E-state index in [1.54, 1.807) is 25.1 Å². The topological polar surface area (TPSA) is 77.2 Å². The fourth-order valence-corrected chi connectivity index (χ4v) is 3.97. The summed E-state index contributed by atoms with van der Waals surface area (Å²) in [7, 11) is -3.93. The molecule has 0 spiro atoms. The normalized spacial score (nSPS) is 11.4. The maximum absolute atomic E-state index is 13.4. The van der Waals surface area contributed by atoms with E-state index >= 15 is 0 Å². The molecule has 0 fully saturated rings. The van der Waals surface area contributed by atoms with Crippen LogP contribution in [0.2, 0.25) is 5.02 Å². The molecule has 1 amide bonds. The molecule has 2 aromatic rings. The van der Waals surface area contributed by atoms with Crippen molar-refractivity contribution in [3.8, 4) is 0 Å². The lowest BCUT2D eigenvalue weighted by Gasteiger charge is -2.10. The summed E-state index contributed by atoms with van der Waals surface area (Å²) in [5, 5.41) is 0.488. The second-order valence-electron chi connectivity index (χ2n) is 4.83. The Morgan fingerprint density at radius 3 is 2.50 bits per heavy atom. The minimum atomic E-state index is -3.93.